The van der Waals surface area contributed by atoms with E-state index in [4.69, 9.17) is 16.3 Å². The number of piperazine rings is 1. The van der Waals surface area contributed by atoms with Gasteiger partial charge in [-0.25, -0.2) is 0 Å². The van der Waals surface area contributed by atoms with Crippen LogP contribution in [0, 0.1) is 5.92 Å². The Morgan fingerprint density at radius 3 is 3.00 bits per heavy atom. The Morgan fingerprint density at radius 1 is 1.40 bits per heavy atom. The Hall–Kier alpha value is -1.10. The number of amides is 1. The summed E-state index contributed by atoms with van der Waals surface area (Å²) in [4.78, 5) is 14.6. The number of ether oxygens (including phenoxy) is 1. The van der Waals surface area contributed by atoms with Crippen molar-refractivity contribution in [2.24, 2.45) is 5.92 Å². The van der Waals surface area contributed by atoms with Crippen LogP contribution in [0.2, 0.25) is 5.02 Å². The van der Waals surface area contributed by atoms with Crippen LogP contribution in [0.1, 0.15) is 18.0 Å². The number of carbonyl (C=O) groups is 1. The molecule has 2 fully saturated rings. The zero-order chi connectivity index (χ0) is 13.9. The Bertz CT molecular complexity index is 489. The third-order valence-corrected chi connectivity index (χ3v) is 4.41. The van der Waals surface area contributed by atoms with Crippen molar-refractivity contribution in [2.75, 3.05) is 32.8 Å². The molecule has 2 unspecified atom stereocenters. The zero-order valence-electron chi connectivity index (χ0n) is 11.3. The minimum Gasteiger partial charge on any atom is -0.381 e. The van der Waals surface area contributed by atoms with Gasteiger partial charge in [-0.15, -0.1) is 0 Å². The molecule has 108 valence electrons. The van der Waals surface area contributed by atoms with E-state index in [0.29, 0.717) is 13.2 Å². The smallest absolute Gasteiger partial charge is 0.228 e. The lowest BCUT2D eigenvalue weighted by Gasteiger charge is -2.38. The summed E-state index contributed by atoms with van der Waals surface area (Å²) < 4.78 is 5.34. The summed E-state index contributed by atoms with van der Waals surface area (Å²) in [5.74, 6) is 0.215. The van der Waals surface area contributed by atoms with Gasteiger partial charge in [0.25, 0.3) is 0 Å². The first kappa shape index (κ1) is 13.9. The predicted molar refractivity (Wildman–Crippen MR) is 77.7 cm³/mol. The number of benzene rings is 1. The van der Waals surface area contributed by atoms with Gasteiger partial charge in [-0.05, 0) is 18.1 Å². The first-order valence-electron chi connectivity index (χ1n) is 7.11. The Balaban J connectivity index is 1.83. The second kappa shape index (κ2) is 6.12. The van der Waals surface area contributed by atoms with Gasteiger partial charge in [-0.2, -0.15) is 0 Å². The SMILES string of the molecule is O=C(C1CCOC1)N1CCNCC1c1ccccc1Cl. The van der Waals surface area contributed by atoms with Crippen LogP contribution in [0.3, 0.4) is 0 Å². The van der Waals surface area contributed by atoms with Crippen molar-refractivity contribution in [1.82, 2.24) is 10.2 Å². The van der Waals surface area contributed by atoms with Crippen molar-refractivity contribution in [3.63, 3.8) is 0 Å². The van der Waals surface area contributed by atoms with Crippen molar-refractivity contribution in [2.45, 2.75) is 12.5 Å². The van der Waals surface area contributed by atoms with Gasteiger partial charge in [-0.3, -0.25) is 4.79 Å². The summed E-state index contributed by atoms with van der Waals surface area (Å²) in [5.41, 5.74) is 1.02. The number of nitrogens with zero attached hydrogens (tertiary/aromatic N) is 1. The summed E-state index contributed by atoms with van der Waals surface area (Å²) in [6.07, 6.45) is 0.831. The number of rotatable bonds is 2. The van der Waals surface area contributed by atoms with E-state index in [1.54, 1.807) is 0 Å². The van der Waals surface area contributed by atoms with Gasteiger partial charge in [0.1, 0.15) is 0 Å². The first-order valence-corrected chi connectivity index (χ1v) is 7.48. The maximum atomic E-state index is 12.7. The molecule has 0 radical (unpaired) electrons. The van der Waals surface area contributed by atoms with Crippen LogP contribution in [0.15, 0.2) is 24.3 Å². The molecule has 0 saturated carbocycles. The van der Waals surface area contributed by atoms with Gasteiger partial charge in [0.05, 0.1) is 18.6 Å². The highest BCUT2D eigenvalue weighted by molar-refractivity contribution is 6.31. The second-order valence-electron chi connectivity index (χ2n) is 5.33. The zero-order valence-corrected chi connectivity index (χ0v) is 12.1. The number of hydrogen-bond acceptors (Lipinski definition) is 3. The first-order chi connectivity index (χ1) is 9.77. The number of nitrogens with one attached hydrogen (secondary N) is 1. The highest BCUT2D eigenvalue weighted by Gasteiger charge is 2.34. The van der Waals surface area contributed by atoms with Crippen LogP contribution < -0.4 is 5.32 Å². The molecule has 2 saturated heterocycles. The molecule has 5 heteroatoms. The minimum atomic E-state index is 0.0121. The molecule has 1 aromatic rings. The van der Waals surface area contributed by atoms with Crippen LogP contribution >= 0.6 is 11.6 Å². The molecule has 20 heavy (non-hydrogen) atoms. The molecule has 0 spiro atoms. The predicted octanol–water partition coefficient (Wildman–Crippen LogP) is 1.85. The average Bonchev–Trinajstić information content (AvgIpc) is 3.01. The number of carbonyl (C=O) groups excluding carboxylic acids is 1. The third kappa shape index (κ3) is 2.68. The van der Waals surface area contributed by atoms with Crippen molar-refractivity contribution in [1.29, 1.82) is 0 Å². The fraction of sp³-hybridized carbons (Fsp3) is 0.533. The van der Waals surface area contributed by atoms with Crippen molar-refractivity contribution in [3.05, 3.63) is 34.9 Å². The molecule has 1 aromatic carbocycles. The standard InChI is InChI=1S/C15H19ClN2O2/c16-13-4-2-1-3-12(13)14-9-17-6-7-18(14)15(19)11-5-8-20-10-11/h1-4,11,14,17H,5-10H2. The monoisotopic (exact) mass is 294 g/mol. The van der Waals surface area contributed by atoms with E-state index in [1.807, 2.05) is 29.2 Å². The van der Waals surface area contributed by atoms with Gasteiger partial charge < -0.3 is 15.0 Å². The van der Waals surface area contributed by atoms with Gasteiger partial charge in [-0.1, -0.05) is 29.8 Å². The van der Waals surface area contributed by atoms with Crippen molar-refractivity contribution >= 4 is 17.5 Å². The molecule has 0 aromatic heterocycles. The normalized spacial score (nSPS) is 26.8. The van der Waals surface area contributed by atoms with Gasteiger partial charge in [0.2, 0.25) is 5.91 Å². The van der Waals surface area contributed by atoms with E-state index < -0.39 is 0 Å². The van der Waals surface area contributed by atoms with E-state index in [2.05, 4.69) is 5.32 Å². The highest BCUT2D eigenvalue weighted by atomic mass is 35.5. The molecule has 3 rings (SSSR count). The molecule has 2 heterocycles. The maximum Gasteiger partial charge on any atom is 0.228 e. The van der Waals surface area contributed by atoms with Gasteiger partial charge in [0, 0.05) is 31.3 Å². The van der Waals surface area contributed by atoms with E-state index >= 15 is 0 Å². The summed E-state index contributed by atoms with van der Waals surface area (Å²) in [6, 6.07) is 7.79. The van der Waals surface area contributed by atoms with E-state index in [1.165, 1.54) is 0 Å². The molecule has 1 amide bonds. The molecule has 0 bridgehead atoms. The summed E-state index contributed by atoms with van der Waals surface area (Å²) in [6.45, 7) is 3.56. The van der Waals surface area contributed by atoms with Crippen molar-refractivity contribution in [3.8, 4) is 0 Å². The van der Waals surface area contributed by atoms with E-state index in [-0.39, 0.29) is 17.9 Å². The maximum absolute atomic E-state index is 12.7. The third-order valence-electron chi connectivity index (χ3n) is 4.07. The molecule has 2 atom stereocenters. The second-order valence-corrected chi connectivity index (χ2v) is 5.74. The Morgan fingerprint density at radius 2 is 2.25 bits per heavy atom. The summed E-state index contributed by atoms with van der Waals surface area (Å²) >= 11 is 6.30. The fourth-order valence-corrected chi connectivity index (χ4v) is 3.22. The lowest BCUT2D eigenvalue weighted by atomic mass is 9.99. The quantitative estimate of drug-likeness (QED) is 0.905. The van der Waals surface area contributed by atoms with E-state index in [9.17, 15) is 4.79 Å². The fourth-order valence-electron chi connectivity index (χ4n) is 2.96. The lowest BCUT2D eigenvalue weighted by molar-refractivity contribution is -0.139. The van der Waals surface area contributed by atoms with Crippen molar-refractivity contribution < 1.29 is 9.53 Å². The average molecular weight is 295 g/mol. The highest BCUT2D eigenvalue weighted by Crippen LogP contribution is 2.30. The van der Waals surface area contributed by atoms with E-state index in [0.717, 1.165) is 36.6 Å². The minimum absolute atomic E-state index is 0.0121. The molecular formula is C15H19ClN2O2. The van der Waals surface area contributed by atoms with Gasteiger partial charge >= 0.3 is 0 Å². The van der Waals surface area contributed by atoms with Crippen LogP contribution in [0.25, 0.3) is 0 Å². The largest absolute Gasteiger partial charge is 0.381 e. The molecule has 0 aliphatic carbocycles. The van der Waals surface area contributed by atoms with Crippen LogP contribution in [-0.2, 0) is 9.53 Å². The number of hydrogen-bond donors (Lipinski definition) is 1. The molecule has 4 nitrogen and oxygen atoms in total. The summed E-state index contributed by atoms with van der Waals surface area (Å²) in [7, 11) is 0. The molecule has 1 N–H and O–H groups in total. The summed E-state index contributed by atoms with van der Waals surface area (Å²) in [5, 5.41) is 4.08. The lowest BCUT2D eigenvalue weighted by Crippen LogP contribution is -2.50. The Kier molecular flexibility index (Phi) is 4.24. The van der Waals surface area contributed by atoms with Crippen LogP contribution in [-0.4, -0.2) is 43.7 Å². The Labute approximate surface area is 124 Å². The molecule has 2 aliphatic rings. The van der Waals surface area contributed by atoms with Crippen LogP contribution in [0.5, 0.6) is 0 Å². The molecule has 2 aliphatic heterocycles. The van der Waals surface area contributed by atoms with Crippen LogP contribution in [0.4, 0.5) is 0 Å². The molecular weight excluding hydrogens is 276 g/mol. The van der Waals surface area contributed by atoms with Gasteiger partial charge in [0.15, 0.2) is 0 Å². The number of halogens is 1. The topological polar surface area (TPSA) is 41.6 Å².